The van der Waals surface area contributed by atoms with Crippen LogP contribution in [0.2, 0.25) is 0 Å². The number of rotatable bonds is 9. The number of hydrogen-bond donors (Lipinski definition) is 3. The molecule has 0 aromatic rings. The van der Waals surface area contributed by atoms with E-state index in [0.717, 1.165) is 32.1 Å². The normalized spacial score (nSPS) is 16.5. The second kappa shape index (κ2) is 7.27. The minimum atomic E-state index is -0.842. The molecule has 5 heteroatoms. The van der Waals surface area contributed by atoms with Gasteiger partial charge in [-0.15, -0.1) is 0 Å². The summed E-state index contributed by atoms with van der Waals surface area (Å²) < 4.78 is 0. The average molecular weight is 242 g/mol. The smallest absolute Gasteiger partial charge is 0.305 e. The van der Waals surface area contributed by atoms with Crippen molar-refractivity contribution in [3.05, 3.63) is 0 Å². The molecule has 0 heterocycles. The number of unbranched alkanes of at least 4 members (excludes halogenated alkanes) is 2. The third-order valence-electron chi connectivity index (χ3n) is 3.04. The summed E-state index contributed by atoms with van der Waals surface area (Å²) in [5.74, 6) is -0.496. The summed E-state index contributed by atoms with van der Waals surface area (Å²) in [6, 6.07) is -0.172. The van der Waals surface area contributed by atoms with E-state index in [1.807, 2.05) is 0 Å². The lowest BCUT2D eigenvalue weighted by atomic mass is 10.1. The average Bonchev–Trinajstić information content (AvgIpc) is 3.06. The van der Waals surface area contributed by atoms with Crippen LogP contribution in [0.15, 0.2) is 0 Å². The molecule has 98 valence electrons. The SMILES string of the molecule is NCCCCCC(=O)NC(CC(=O)O)C1CC1. The summed E-state index contributed by atoms with van der Waals surface area (Å²) >= 11 is 0. The van der Waals surface area contributed by atoms with Crippen molar-refractivity contribution in [1.29, 1.82) is 0 Å². The van der Waals surface area contributed by atoms with Gasteiger partial charge in [-0.05, 0) is 38.1 Å². The molecule has 1 unspecified atom stereocenters. The van der Waals surface area contributed by atoms with Crippen LogP contribution in [0.25, 0.3) is 0 Å². The van der Waals surface area contributed by atoms with E-state index in [0.29, 0.717) is 18.9 Å². The molecule has 0 aromatic heterocycles. The third-order valence-corrected chi connectivity index (χ3v) is 3.04. The molecule has 17 heavy (non-hydrogen) atoms. The quantitative estimate of drug-likeness (QED) is 0.523. The van der Waals surface area contributed by atoms with Crippen LogP contribution in [-0.2, 0) is 9.59 Å². The van der Waals surface area contributed by atoms with E-state index in [2.05, 4.69) is 5.32 Å². The number of carbonyl (C=O) groups excluding carboxylic acids is 1. The Morgan fingerprint density at radius 1 is 1.29 bits per heavy atom. The topological polar surface area (TPSA) is 92.4 Å². The predicted octanol–water partition coefficient (Wildman–Crippen LogP) is 0.875. The fourth-order valence-electron chi connectivity index (χ4n) is 1.91. The van der Waals surface area contributed by atoms with Crippen molar-refractivity contribution in [3.63, 3.8) is 0 Å². The van der Waals surface area contributed by atoms with Crippen LogP contribution in [0.5, 0.6) is 0 Å². The summed E-state index contributed by atoms with van der Waals surface area (Å²) in [6.07, 6.45) is 5.30. The van der Waals surface area contributed by atoms with E-state index in [9.17, 15) is 9.59 Å². The molecule has 1 aliphatic carbocycles. The van der Waals surface area contributed by atoms with Gasteiger partial charge in [0.25, 0.3) is 0 Å². The van der Waals surface area contributed by atoms with Gasteiger partial charge in [-0.1, -0.05) is 6.42 Å². The Bertz CT molecular complexity index is 264. The molecule has 0 radical (unpaired) electrons. The molecule has 5 nitrogen and oxygen atoms in total. The van der Waals surface area contributed by atoms with Crippen LogP contribution in [-0.4, -0.2) is 29.6 Å². The van der Waals surface area contributed by atoms with Crippen molar-refractivity contribution < 1.29 is 14.7 Å². The maximum atomic E-state index is 11.6. The molecule has 1 rings (SSSR count). The zero-order valence-electron chi connectivity index (χ0n) is 10.2. The van der Waals surface area contributed by atoms with Gasteiger partial charge in [-0.3, -0.25) is 9.59 Å². The van der Waals surface area contributed by atoms with E-state index in [4.69, 9.17) is 10.8 Å². The Morgan fingerprint density at radius 3 is 2.53 bits per heavy atom. The number of nitrogens with one attached hydrogen (secondary N) is 1. The molecular formula is C12H22N2O3. The Morgan fingerprint density at radius 2 is 2.00 bits per heavy atom. The fourth-order valence-corrected chi connectivity index (χ4v) is 1.91. The molecule has 1 aliphatic rings. The van der Waals surface area contributed by atoms with Gasteiger partial charge in [0.15, 0.2) is 0 Å². The Hall–Kier alpha value is -1.10. The summed E-state index contributed by atoms with van der Waals surface area (Å²) in [5, 5.41) is 11.6. The highest BCUT2D eigenvalue weighted by Crippen LogP contribution is 2.34. The maximum absolute atomic E-state index is 11.6. The summed E-state index contributed by atoms with van der Waals surface area (Å²) in [5.41, 5.74) is 5.36. The Kier molecular flexibility index (Phi) is 5.97. The second-order valence-electron chi connectivity index (χ2n) is 4.71. The fraction of sp³-hybridized carbons (Fsp3) is 0.833. The van der Waals surface area contributed by atoms with Gasteiger partial charge in [0, 0.05) is 12.5 Å². The number of amides is 1. The first kappa shape index (κ1) is 14.0. The molecule has 1 saturated carbocycles. The van der Waals surface area contributed by atoms with E-state index in [1.165, 1.54) is 0 Å². The molecule has 1 amide bonds. The van der Waals surface area contributed by atoms with Crippen molar-refractivity contribution in [2.45, 2.75) is 51.0 Å². The van der Waals surface area contributed by atoms with E-state index >= 15 is 0 Å². The highest BCUT2D eigenvalue weighted by molar-refractivity contribution is 5.77. The highest BCUT2D eigenvalue weighted by Gasteiger charge is 2.33. The van der Waals surface area contributed by atoms with E-state index < -0.39 is 5.97 Å². The first-order chi connectivity index (χ1) is 8.13. The van der Waals surface area contributed by atoms with Crippen LogP contribution < -0.4 is 11.1 Å². The first-order valence-electron chi connectivity index (χ1n) is 6.34. The van der Waals surface area contributed by atoms with Crippen LogP contribution in [0.4, 0.5) is 0 Å². The molecule has 4 N–H and O–H groups in total. The maximum Gasteiger partial charge on any atom is 0.305 e. The molecular weight excluding hydrogens is 220 g/mol. The lowest BCUT2D eigenvalue weighted by Gasteiger charge is -2.16. The number of carbonyl (C=O) groups is 2. The number of carboxylic acids is 1. The largest absolute Gasteiger partial charge is 0.481 e. The monoisotopic (exact) mass is 242 g/mol. The van der Waals surface area contributed by atoms with Crippen LogP contribution in [0, 0.1) is 5.92 Å². The third kappa shape index (κ3) is 6.26. The standard InChI is InChI=1S/C12H22N2O3/c13-7-3-1-2-4-11(15)14-10(8-12(16)17)9-5-6-9/h9-10H,1-8,13H2,(H,14,15)(H,16,17). The number of hydrogen-bond acceptors (Lipinski definition) is 3. The lowest BCUT2D eigenvalue weighted by Crippen LogP contribution is -2.37. The van der Waals surface area contributed by atoms with Crippen LogP contribution in [0.3, 0.4) is 0 Å². The van der Waals surface area contributed by atoms with Gasteiger partial charge >= 0.3 is 5.97 Å². The summed E-state index contributed by atoms with van der Waals surface area (Å²) in [7, 11) is 0. The zero-order valence-corrected chi connectivity index (χ0v) is 10.2. The Balaban J connectivity index is 2.19. The molecule has 0 aliphatic heterocycles. The van der Waals surface area contributed by atoms with E-state index in [-0.39, 0.29) is 18.4 Å². The summed E-state index contributed by atoms with van der Waals surface area (Å²) in [6.45, 7) is 0.658. The number of nitrogens with two attached hydrogens (primary N) is 1. The van der Waals surface area contributed by atoms with Gasteiger partial charge in [0.05, 0.1) is 6.42 Å². The van der Waals surface area contributed by atoms with Crippen molar-refractivity contribution in [2.24, 2.45) is 11.7 Å². The number of aliphatic carboxylic acids is 1. The highest BCUT2D eigenvalue weighted by atomic mass is 16.4. The minimum absolute atomic E-state index is 0.0276. The van der Waals surface area contributed by atoms with Crippen LogP contribution in [0.1, 0.15) is 44.9 Å². The molecule has 1 atom stereocenters. The van der Waals surface area contributed by atoms with Crippen molar-refractivity contribution in [2.75, 3.05) is 6.54 Å². The molecule has 1 fully saturated rings. The number of carboxylic acid groups (broad SMARTS) is 1. The summed E-state index contributed by atoms with van der Waals surface area (Å²) in [4.78, 5) is 22.3. The first-order valence-corrected chi connectivity index (χ1v) is 6.34. The van der Waals surface area contributed by atoms with Gasteiger partial charge in [0.2, 0.25) is 5.91 Å². The Labute approximate surface area is 102 Å². The van der Waals surface area contributed by atoms with Gasteiger partial charge in [-0.25, -0.2) is 0 Å². The van der Waals surface area contributed by atoms with Crippen molar-refractivity contribution in [3.8, 4) is 0 Å². The minimum Gasteiger partial charge on any atom is -0.481 e. The van der Waals surface area contributed by atoms with Gasteiger partial charge in [0.1, 0.15) is 0 Å². The molecule has 0 bridgehead atoms. The van der Waals surface area contributed by atoms with Crippen molar-refractivity contribution >= 4 is 11.9 Å². The lowest BCUT2D eigenvalue weighted by molar-refractivity contribution is -0.137. The second-order valence-corrected chi connectivity index (χ2v) is 4.71. The molecule has 0 spiro atoms. The van der Waals surface area contributed by atoms with E-state index in [1.54, 1.807) is 0 Å². The molecule has 0 saturated heterocycles. The van der Waals surface area contributed by atoms with Crippen molar-refractivity contribution in [1.82, 2.24) is 5.32 Å². The van der Waals surface area contributed by atoms with Gasteiger partial charge < -0.3 is 16.2 Å². The predicted molar refractivity (Wildman–Crippen MR) is 64.4 cm³/mol. The zero-order chi connectivity index (χ0) is 12.7. The van der Waals surface area contributed by atoms with Gasteiger partial charge in [-0.2, -0.15) is 0 Å². The molecule has 0 aromatic carbocycles. The van der Waals surface area contributed by atoms with Crippen LogP contribution >= 0.6 is 0 Å².